The number of aromatic nitrogens is 8. The van der Waals surface area contributed by atoms with Crippen molar-refractivity contribution in [2.75, 3.05) is 80.7 Å². The second-order valence-corrected chi connectivity index (χ2v) is 27.9. The number of rotatable bonds is 17. The van der Waals surface area contributed by atoms with Crippen molar-refractivity contribution in [1.82, 2.24) is 61.1 Å². The molecule has 4 saturated heterocycles. The van der Waals surface area contributed by atoms with Crippen LogP contribution in [0, 0.1) is 27.7 Å². The Morgan fingerprint density at radius 2 is 0.613 bits per heavy atom. The average molecular weight is 1410 g/mol. The number of aryl methyl sites for hydroxylation is 4. The van der Waals surface area contributed by atoms with Crippen molar-refractivity contribution in [3.8, 4) is 50.8 Å². The maximum atomic E-state index is 5.28. The van der Waals surface area contributed by atoms with Crippen LogP contribution in [0.4, 0.5) is 46.0 Å². The predicted octanol–water partition coefficient (Wildman–Crippen LogP) is 18.7. The van der Waals surface area contributed by atoms with Gasteiger partial charge < -0.3 is 47.3 Å². The minimum Gasteiger partial charge on any atom is -0.497 e. The van der Waals surface area contributed by atoms with Gasteiger partial charge in [-0.2, -0.15) is 0 Å². The first-order valence-electron chi connectivity index (χ1n) is 37.6. The van der Waals surface area contributed by atoms with Crippen LogP contribution < -0.4 is 47.3 Å². The van der Waals surface area contributed by atoms with Crippen LogP contribution in [0.1, 0.15) is 121 Å². The van der Waals surface area contributed by atoms with Crippen LogP contribution in [0.3, 0.4) is 0 Å². The van der Waals surface area contributed by atoms with E-state index in [2.05, 4.69) is 216 Å². The highest BCUT2D eigenvalue weighted by Gasteiger charge is 2.25. The van der Waals surface area contributed by atoms with Gasteiger partial charge >= 0.3 is 0 Å². The topological polar surface area (TPSA) is 209 Å². The number of nitrogens with zero attached hydrogens (tertiary/aromatic N) is 8. The van der Waals surface area contributed by atoms with Crippen molar-refractivity contribution in [1.29, 1.82) is 0 Å². The third-order valence-corrected chi connectivity index (χ3v) is 19.5. The molecule has 0 aliphatic carbocycles. The molecule has 12 aromatic rings. The van der Waals surface area contributed by atoms with Crippen molar-refractivity contribution < 1.29 is 4.74 Å². The van der Waals surface area contributed by atoms with Crippen LogP contribution in [0.5, 0.6) is 5.75 Å². The van der Waals surface area contributed by atoms with E-state index in [1.807, 2.05) is 91.0 Å². The highest BCUT2D eigenvalue weighted by molar-refractivity contribution is 5.70. The molecule has 4 aliphatic rings. The summed E-state index contributed by atoms with van der Waals surface area (Å²) in [5, 5.41) is 27.6. The summed E-state index contributed by atoms with van der Waals surface area (Å²) in [7, 11) is 1.68. The first-order valence-corrected chi connectivity index (χ1v) is 37.6. The number of nitrogens with one attached hydrogen (secondary N) is 8. The second kappa shape index (κ2) is 37.1. The normalized spacial score (nSPS) is 16.4. The molecule has 0 spiro atoms. The molecule has 17 nitrogen and oxygen atoms in total. The molecule has 3 atom stereocenters. The van der Waals surface area contributed by atoms with E-state index in [1.165, 1.54) is 35.1 Å². The zero-order valence-electron chi connectivity index (χ0n) is 61.6. The molecule has 8 heterocycles. The lowest BCUT2D eigenvalue weighted by molar-refractivity contribution is 0.415. The van der Waals surface area contributed by atoms with Crippen LogP contribution >= 0.6 is 0 Å². The van der Waals surface area contributed by atoms with Crippen molar-refractivity contribution in [3.63, 3.8) is 0 Å². The van der Waals surface area contributed by atoms with E-state index in [4.69, 9.17) is 44.6 Å². The Kier molecular flexibility index (Phi) is 25.6. The molecule has 540 valence electrons. The smallest absolute Gasteiger partial charge is 0.135 e. The van der Waals surface area contributed by atoms with Crippen LogP contribution in [-0.4, -0.2) is 99.3 Å². The molecule has 0 saturated carbocycles. The molecule has 16 rings (SSSR count). The summed E-state index contributed by atoms with van der Waals surface area (Å²) in [5.74, 6) is 9.40. The molecule has 8 N–H and O–H groups in total. The molecular weight excluding hydrogens is 1310 g/mol. The van der Waals surface area contributed by atoms with Crippen molar-refractivity contribution in [2.45, 2.75) is 103 Å². The molecule has 106 heavy (non-hydrogen) atoms. The standard InChI is InChI=1S/C23H26N4O.3C22H24N4/c1-16-5-9-19(10-6-16)25-22-14-21(17-7-11-20(28-2)12-8-17)26-23(27-22)18-4-3-13-24-15-18;1-16-7-5-11-19(13-16)24-21-14-20(17-8-3-2-4-9-17)25-22(26-21)18-10-6-12-23-15-18;1-16-9-11-19(12-10-16)24-21-14-20(17-6-3-2-4-7-17)25-22(26-21)18-8-5-13-23-15-18;1-16-7-9-19(10-8-16)24-21-15-20(17-5-3-2-4-6-17)25-22(26-21)18-11-13-23-14-12-18/h5-12,14,18,24H,3-4,13,15H2,1-2H3,(H,25,26,27);2-5,7-9,11,13-14,18,23H,6,10,12,15H2,1H3,(H,24,25,26);2-4,6-7,9-12,14,18,23H,5,8,13,15H2,1H3,(H,24,25,26);2-10,15,18,23H,11-14H2,1H3,(H,24,25,26). The third-order valence-electron chi connectivity index (χ3n) is 19.5. The van der Waals surface area contributed by atoms with Gasteiger partial charge in [-0.15, -0.1) is 0 Å². The van der Waals surface area contributed by atoms with Gasteiger partial charge in [0.15, 0.2) is 0 Å². The maximum Gasteiger partial charge on any atom is 0.135 e. The van der Waals surface area contributed by atoms with Crippen LogP contribution in [0.2, 0.25) is 0 Å². The van der Waals surface area contributed by atoms with Gasteiger partial charge in [-0.3, -0.25) is 0 Å². The monoisotopic (exact) mass is 1410 g/mol. The quantitative estimate of drug-likeness (QED) is 0.0426. The Labute approximate surface area is 624 Å². The number of ether oxygens (including phenoxy) is 1. The summed E-state index contributed by atoms with van der Waals surface area (Å²) >= 11 is 0. The molecule has 0 radical (unpaired) electrons. The summed E-state index contributed by atoms with van der Waals surface area (Å²) < 4.78 is 5.28. The number of benzene rings is 8. The first-order chi connectivity index (χ1) is 52.0. The number of hydrogen-bond acceptors (Lipinski definition) is 17. The molecule has 8 aromatic carbocycles. The fraction of sp³-hybridized carbons (Fsp3) is 0.281. The first kappa shape index (κ1) is 73.2. The lowest BCUT2D eigenvalue weighted by Gasteiger charge is -2.22. The molecule has 17 heteroatoms. The van der Waals surface area contributed by atoms with Gasteiger partial charge in [0.25, 0.3) is 0 Å². The Hall–Kier alpha value is -11.1. The van der Waals surface area contributed by atoms with Gasteiger partial charge in [-0.05, 0) is 190 Å². The number of anilines is 8. The van der Waals surface area contributed by atoms with Gasteiger partial charge in [0, 0.05) is 113 Å². The zero-order valence-corrected chi connectivity index (χ0v) is 61.6. The molecule has 0 amide bonds. The fourth-order valence-corrected chi connectivity index (χ4v) is 13.6. The molecule has 4 aliphatic heterocycles. The van der Waals surface area contributed by atoms with E-state index in [0.717, 1.165) is 211 Å². The Bertz CT molecular complexity index is 4550. The minimum atomic E-state index is 0.338. The van der Waals surface area contributed by atoms with Crippen LogP contribution in [0.25, 0.3) is 45.0 Å². The number of hydrogen-bond donors (Lipinski definition) is 8. The third kappa shape index (κ3) is 21.1. The van der Waals surface area contributed by atoms with Crippen LogP contribution in [-0.2, 0) is 0 Å². The van der Waals surface area contributed by atoms with Crippen molar-refractivity contribution >= 4 is 46.0 Å². The summed E-state index contributed by atoms with van der Waals surface area (Å²) in [6, 6.07) is 80.6. The molecular formula is C89H98N16O. The Morgan fingerprint density at radius 1 is 0.283 bits per heavy atom. The summed E-state index contributed by atoms with van der Waals surface area (Å²) in [6.07, 6.45) is 9.05. The van der Waals surface area contributed by atoms with Crippen LogP contribution in [0.15, 0.2) is 237 Å². The van der Waals surface area contributed by atoms with Crippen molar-refractivity contribution in [3.05, 3.63) is 282 Å². The van der Waals surface area contributed by atoms with Gasteiger partial charge in [0.1, 0.15) is 52.3 Å². The van der Waals surface area contributed by atoms with E-state index >= 15 is 0 Å². The summed E-state index contributed by atoms with van der Waals surface area (Å²) in [4.78, 5) is 39.0. The zero-order chi connectivity index (χ0) is 72.7. The average Bonchev–Trinajstić information content (AvgIpc) is 0.830. The number of piperidine rings is 4. The second-order valence-electron chi connectivity index (χ2n) is 27.9. The molecule has 3 unspecified atom stereocenters. The van der Waals surface area contributed by atoms with E-state index in [-0.39, 0.29) is 0 Å². The lowest BCUT2D eigenvalue weighted by Crippen LogP contribution is -2.29. The van der Waals surface area contributed by atoms with E-state index in [1.54, 1.807) is 7.11 Å². The summed E-state index contributed by atoms with van der Waals surface area (Å²) in [5.41, 5.74) is 17.4. The van der Waals surface area contributed by atoms with E-state index in [0.29, 0.717) is 23.7 Å². The maximum absolute atomic E-state index is 5.28. The van der Waals surface area contributed by atoms with Gasteiger partial charge in [-0.1, -0.05) is 156 Å². The van der Waals surface area contributed by atoms with Gasteiger partial charge in [0.05, 0.1) is 29.9 Å². The SMILES string of the molecule is COc1ccc(-c2cc(Nc3ccc(C)cc3)nc(C3CCCNC3)n2)cc1.Cc1ccc(Nc2cc(-c3ccccc3)nc(C3CCCNC3)n2)cc1.Cc1ccc(Nc2cc(-c3ccccc3)nc(C3CCNCC3)n2)cc1.Cc1cccc(Nc2cc(-c3ccccc3)nc(C3CCCNC3)n2)c1. The van der Waals surface area contributed by atoms with E-state index in [9.17, 15) is 0 Å². The number of methoxy groups -OCH3 is 1. The summed E-state index contributed by atoms with van der Waals surface area (Å²) in [6.45, 7) is 16.5. The largest absolute Gasteiger partial charge is 0.497 e. The van der Waals surface area contributed by atoms with Gasteiger partial charge in [0.2, 0.25) is 0 Å². The highest BCUT2D eigenvalue weighted by Crippen LogP contribution is 2.34. The highest BCUT2D eigenvalue weighted by atomic mass is 16.5. The molecule has 4 aromatic heterocycles. The van der Waals surface area contributed by atoms with Crippen molar-refractivity contribution in [2.24, 2.45) is 0 Å². The lowest BCUT2D eigenvalue weighted by atomic mass is 9.97. The van der Waals surface area contributed by atoms with Gasteiger partial charge in [-0.25, -0.2) is 39.9 Å². The predicted molar refractivity (Wildman–Crippen MR) is 434 cm³/mol. The Morgan fingerprint density at radius 3 is 0.934 bits per heavy atom. The minimum absolute atomic E-state index is 0.338. The fourth-order valence-electron chi connectivity index (χ4n) is 13.6. The molecule has 0 bridgehead atoms. The van der Waals surface area contributed by atoms with E-state index < -0.39 is 0 Å². The molecule has 4 fully saturated rings. The Balaban J connectivity index is 0.000000125.